The van der Waals surface area contributed by atoms with Crippen LogP contribution in [0.5, 0.6) is 0 Å². The fraction of sp³-hybridized carbons (Fsp3) is 0.421. The molecule has 0 saturated heterocycles. The van der Waals surface area contributed by atoms with Crippen LogP contribution in [0.4, 0.5) is 0 Å². The summed E-state index contributed by atoms with van der Waals surface area (Å²) in [5.74, 6) is 0.879. The van der Waals surface area contributed by atoms with E-state index in [2.05, 4.69) is 65.0 Å². The highest BCUT2D eigenvalue weighted by Crippen LogP contribution is 2.18. The van der Waals surface area contributed by atoms with Gasteiger partial charge in [-0.1, -0.05) is 42.5 Å². The van der Waals surface area contributed by atoms with Gasteiger partial charge in [-0.15, -0.1) is 0 Å². The second-order valence-corrected chi connectivity index (χ2v) is 5.42. The normalized spacial score (nSPS) is 11.7. The molecular weight excluding hydrogens is 286 g/mol. The van der Waals surface area contributed by atoms with E-state index < -0.39 is 0 Å². The summed E-state index contributed by atoms with van der Waals surface area (Å²) in [7, 11) is 1.72. The van der Waals surface area contributed by atoms with E-state index in [9.17, 15) is 0 Å². The zero-order valence-electron chi connectivity index (χ0n) is 14.1. The topological polar surface area (TPSA) is 45.7 Å². The number of ether oxygens (including phenoxy) is 1. The minimum absolute atomic E-state index is 0.749. The molecule has 2 rings (SSSR count). The number of fused-ring (bicyclic) bond motifs is 1. The van der Waals surface area contributed by atoms with Crippen molar-refractivity contribution in [1.82, 2.24) is 10.6 Å². The highest BCUT2D eigenvalue weighted by atomic mass is 16.5. The molecule has 2 N–H and O–H groups in total. The molecule has 0 fully saturated rings. The summed E-state index contributed by atoms with van der Waals surface area (Å²) in [5.41, 5.74) is 1.37. The van der Waals surface area contributed by atoms with E-state index in [-0.39, 0.29) is 0 Å². The number of nitrogens with one attached hydrogen (secondary N) is 2. The molecule has 2 aromatic rings. The Kier molecular flexibility index (Phi) is 7.40. The van der Waals surface area contributed by atoms with Gasteiger partial charge in [0.25, 0.3) is 0 Å². The first-order valence-corrected chi connectivity index (χ1v) is 8.33. The molecular formula is C19H27N3O. The highest BCUT2D eigenvalue weighted by Gasteiger charge is 2.01. The Morgan fingerprint density at radius 1 is 1.09 bits per heavy atom. The molecule has 4 heteroatoms. The van der Waals surface area contributed by atoms with Crippen LogP contribution in [0.2, 0.25) is 0 Å². The van der Waals surface area contributed by atoms with Crippen molar-refractivity contribution in [2.24, 2.45) is 4.99 Å². The number of hydrogen-bond donors (Lipinski definition) is 2. The minimum Gasteiger partial charge on any atom is -0.385 e. The molecule has 0 aliphatic heterocycles. The first-order valence-electron chi connectivity index (χ1n) is 8.33. The fourth-order valence-electron chi connectivity index (χ4n) is 2.57. The first kappa shape index (κ1) is 17.3. The monoisotopic (exact) mass is 313 g/mol. The van der Waals surface area contributed by atoms with E-state index in [1.54, 1.807) is 7.11 Å². The third-order valence-corrected chi connectivity index (χ3v) is 3.69. The predicted octanol–water partition coefficient (Wildman–Crippen LogP) is 2.97. The average molecular weight is 313 g/mol. The fourth-order valence-corrected chi connectivity index (χ4v) is 2.57. The SMILES string of the molecule is CCNC(=NCCCOC)NCCc1cccc2ccccc12. The van der Waals surface area contributed by atoms with Crippen LogP contribution in [0.25, 0.3) is 10.8 Å². The zero-order chi connectivity index (χ0) is 16.3. The van der Waals surface area contributed by atoms with Crippen LogP contribution >= 0.6 is 0 Å². The van der Waals surface area contributed by atoms with Crippen molar-refractivity contribution >= 4 is 16.7 Å². The van der Waals surface area contributed by atoms with Gasteiger partial charge in [-0.25, -0.2) is 0 Å². The van der Waals surface area contributed by atoms with Gasteiger partial charge >= 0.3 is 0 Å². The van der Waals surface area contributed by atoms with Crippen molar-refractivity contribution < 1.29 is 4.74 Å². The first-order chi connectivity index (χ1) is 11.3. The van der Waals surface area contributed by atoms with Crippen molar-refractivity contribution in [3.05, 3.63) is 48.0 Å². The smallest absolute Gasteiger partial charge is 0.191 e. The molecule has 0 unspecified atom stereocenters. The van der Waals surface area contributed by atoms with Crippen LogP contribution in [-0.2, 0) is 11.2 Å². The van der Waals surface area contributed by atoms with E-state index in [1.807, 2.05) is 0 Å². The van der Waals surface area contributed by atoms with E-state index in [0.717, 1.165) is 45.0 Å². The lowest BCUT2D eigenvalue weighted by Crippen LogP contribution is -2.38. The summed E-state index contributed by atoms with van der Waals surface area (Å²) in [6, 6.07) is 15.0. The maximum atomic E-state index is 5.05. The van der Waals surface area contributed by atoms with Gasteiger partial charge in [-0.3, -0.25) is 4.99 Å². The van der Waals surface area contributed by atoms with E-state index in [4.69, 9.17) is 4.74 Å². The molecule has 0 bridgehead atoms. The molecule has 0 aliphatic rings. The molecule has 0 atom stereocenters. The number of aliphatic imine (C=N–C) groups is 1. The Balaban J connectivity index is 1.90. The summed E-state index contributed by atoms with van der Waals surface area (Å²) in [6.45, 7) is 5.34. The van der Waals surface area contributed by atoms with Gasteiger partial charge in [0.15, 0.2) is 5.96 Å². The molecule has 2 aromatic carbocycles. The van der Waals surface area contributed by atoms with Crippen molar-refractivity contribution in [2.75, 3.05) is 33.4 Å². The van der Waals surface area contributed by atoms with Crippen LogP contribution in [0.1, 0.15) is 18.9 Å². The standard InChI is InChI=1S/C19H27N3O/c1-3-20-19(21-13-7-15-23-2)22-14-12-17-10-6-9-16-8-4-5-11-18(16)17/h4-6,8-11H,3,7,12-15H2,1-2H3,(H2,20,21,22). The lowest BCUT2D eigenvalue weighted by atomic mass is 10.0. The molecule has 0 aromatic heterocycles. The number of methoxy groups -OCH3 is 1. The largest absolute Gasteiger partial charge is 0.385 e. The molecule has 4 nitrogen and oxygen atoms in total. The van der Waals surface area contributed by atoms with Gasteiger partial charge in [-0.05, 0) is 36.1 Å². The second kappa shape index (κ2) is 9.85. The van der Waals surface area contributed by atoms with Gasteiger partial charge in [0.05, 0.1) is 0 Å². The summed E-state index contributed by atoms with van der Waals surface area (Å²) in [6.07, 6.45) is 1.92. The van der Waals surface area contributed by atoms with Crippen molar-refractivity contribution in [3.63, 3.8) is 0 Å². The Bertz CT molecular complexity index is 620. The molecule has 0 saturated carbocycles. The lowest BCUT2D eigenvalue weighted by Gasteiger charge is -2.12. The van der Waals surface area contributed by atoms with E-state index in [1.165, 1.54) is 16.3 Å². The number of rotatable bonds is 8. The van der Waals surface area contributed by atoms with Crippen LogP contribution in [0.3, 0.4) is 0 Å². The number of benzene rings is 2. The Hall–Kier alpha value is -2.07. The van der Waals surface area contributed by atoms with Gasteiger partial charge < -0.3 is 15.4 Å². The summed E-state index contributed by atoms with van der Waals surface area (Å²) >= 11 is 0. The molecule has 0 radical (unpaired) electrons. The van der Waals surface area contributed by atoms with Crippen molar-refractivity contribution in [2.45, 2.75) is 19.8 Å². The average Bonchev–Trinajstić information content (AvgIpc) is 2.59. The van der Waals surface area contributed by atoms with Gasteiger partial charge in [0.2, 0.25) is 0 Å². The van der Waals surface area contributed by atoms with E-state index in [0.29, 0.717) is 0 Å². The quantitative estimate of drug-likeness (QED) is 0.447. The van der Waals surface area contributed by atoms with Crippen LogP contribution in [0.15, 0.2) is 47.5 Å². The second-order valence-electron chi connectivity index (χ2n) is 5.42. The summed E-state index contributed by atoms with van der Waals surface area (Å²) < 4.78 is 5.05. The molecule has 23 heavy (non-hydrogen) atoms. The Labute approximate surface area is 139 Å². The van der Waals surface area contributed by atoms with Gasteiger partial charge in [0.1, 0.15) is 0 Å². The predicted molar refractivity (Wildman–Crippen MR) is 98.1 cm³/mol. The third-order valence-electron chi connectivity index (χ3n) is 3.69. The molecule has 0 aliphatic carbocycles. The maximum Gasteiger partial charge on any atom is 0.191 e. The number of hydrogen-bond acceptors (Lipinski definition) is 2. The molecule has 0 amide bonds. The molecule has 0 heterocycles. The third kappa shape index (κ3) is 5.57. The summed E-state index contributed by atoms with van der Waals surface area (Å²) in [4.78, 5) is 4.56. The van der Waals surface area contributed by atoms with Gasteiger partial charge in [-0.2, -0.15) is 0 Å². The minimum atomic E-state index is 0.749. The molecule has 0 spiro atoms. The lowest BCUT2D eigenvalue weighted by molar-refractivity contribution is 0.197. The summed E-state index contributed by atoms with van der Waals surface area (Å²) in [5, 5.41) is 9.32. The number of guanidine groups is 1. The van der Waals surface area contributed by atoms with Crippen LogP contribution < -0.4 is 10.6 Å². The zero-order valence-corrected chi connectivity index (χ0v) is 14.1. The van der Waals surface area contributed by atoms with Crippen molar-refractivity contribution in [1.29, 1.82) is 0 Å². The van der Waals surface area contributed by atoms with E-state index >= 15 is 0 Å². The van der Waals surface area contributed by atoms with Crippen LogP contribution in [0, 0.1) is 0 Å². The van der Waals surface area contributed by atoms with Crippen LogP contribution in [-0.4, -0.2) is 39.3 Å². The molecule has 124 valence electrons. The maximum absolute atomic E-state index is 5.05. The van der Waals surface area contributed by atoms with Gasteiger partial charge in [0, 0.05) is 33.4 Å². The number of nitrogens with zero attached hydrogens (tertiary/aromatic N) is 1. The Morgan fingerprint density at radius 2 is 1.91 bits per heavy atom. The Morgan fingerprint density at radius 3 is 2.74 bits per heavy atom. The highest BCUT2D eigenvalue weighted by molar-refractivity contribution is 5.85. The van der Waals surface area contributed by atoms with Crippen molar-refractivity contribution in [3.8, 4) is 0 Å².